The van der Waals surface area contributed by atoms with Gasteiger partial charge < -0.3 is 10.2 Å². The zero-order valence-electron chi connectivity index (χ0n) is 17.1. The van der Waals surface area contributed by atoms with E-state index in [0.717, 1.165) is 49.1 Å². The molecular weight excluding hydrogens is 380 g/mol. The molecule has 3 aromatic rings. The van der Waals surface area contributed by atoms with Gasteiger partial charge in [-0.2, -0.15) is 0 Å². The van der Waals surface area contributed by atoms with Crippen LogP contribution in [0.15, 0.2) is 48.5 Å². The molecule has 0 amide bonds. The lowest BCUT2D eigenvalue weighted by Crippen LogP contribution is -2.24. The third-order valence-electron chi connectivity index (χ3n) is 5.23. The van der Waals surface area contributed by atoms with E-state index >= 15 is 0 Å². The summed E-state index contributed by atoms with van der Waals surface area (Å²) in [7, 11) is 0. The van der Waals surface area contributed by atoms with Gasteiger partial charge in [0.2, 0.25) is 0 Å². The van der Waals surface area contributed by atoms with Crippen molar-refractivity contribution >= 4 is 17.3 Å². The van der Waals surface area contributed by atoms with Crippen LogP contribution in [0, 0.1) is 29.9 Å². The molecule has 1 saturated heterocycles. The standard InChI is InChI=1S/C22H24N6O2/c1-15-5-3-8-20(24-15)23-13-17-9-10-27(14-17)21-11-16(2)25-22(26-21)18-6-4-7-19(12-18)28(29)30/h3-8,11-12,17H,9-10,13-14H2,1-2H3,(H,23,24). The minimum atomic E-state index is -0.401. The summed E-state index contributed by atoms with van der Waals surface area (Å²) >= 11 is 0. The molecule has 4 rings (SSSR count). The van der Waals surface area contributed by atoms with Crippen LogP contribution in [0.2, 0.25) is 0 Å². The highest BCUT2D eigenvalue weighted by Crippen LogP contribution is 2.27. The molecular formula is C22H24N6O2. The number of hydrogen-bond acceptors (Lipinski definition) is 7. The Morgan fingerprint density at radius 1 is 1.10 bits per heavy atom. The normalized spacial score (nSPS) is 15.9. The highest BCUT2D eigenvalue weighted by Gasteiger charge is 2.24. The summed E-state index contributed by atoms with van der Waals surface area (Å²) in [5, 5.41) is 14.5. The van der Waals surface area contributed by atoms with Crippen LogP contribution in [0.5, 0.6) is 0 Å². The van der Waals surface area contributed by atoms with Crippen LogP contribution in [0.3, 0.4) is 0 Å². The number of nitrogens with zero attached hydrogens (tertiary/aromatic N) is 5. The molecule has 8 nitrogen and oxygen atoms in total. The average Bonchev–Trinajstić information content (AvgIpc) is 3.21. The van der Waals surface area contributed by atoms with Crippen molar-refractivity contribution in [3.05, 3.63) is 70.0 Å². The van der Waals surface area contributed by atoms with Gasteiger partial charge in [-0.3, -0.25) is 10.1 Å². The van der Waals surface area contributed by atoms with Crippen LogP contribution >= 0.6 is 0 Å². The monoisotopic (exact) mass is 404 g/mol. The largest absolute Gasteiger partial charge is 0.370 e. The van der Waals surface area contributed by atoms with E-state index in [1.54, 1.807) is 12.1 Å². The van der Waals surface area contributed by atoms with Gasteiger partial charge in [0.05, 0.1) is 4.92 Å². The van der Waals surface area contributed by atoms with E-state index in [4.69, 9.17) is 4.98 Å². The maximum atomic E-state index is 11.1. The maximum absolute atomic E-state index is 11.1. The molecule has 0 saturated carbocycles. The van der Waals surface area contributed by atoms with Gasteiger partial charge in [0.15, 0.2) is 5.82 Å². The molecule has 1 unspecified atom stereocenters. The second-order valence-electron chi connectivity index (χ2n) is 7.64. The summed E-state index contributed by atoms with van der Waals surface area (Å²) in [6.45, 7) is 6.57. The van der Waals surface area contributed by atoms with Crippen LogP contribution in [-0.2, 0) is 0 Å². The first-order chi connectivity index (χ1) is 14.5. The molecule has 0 bridgehead atoms. The lowest BCUT2D eigenvalue weighted by atomic mass is 10.1. The summed E-state index contributed by atoms with van der Waals surface area (Å²) < 4.78 is 0. The van der Waals surface area contributed by atoms with E-state index < -0.39 is 4.92 Å². The molecule has 1 aromatic carbocycles. The molecule has 154 valence electrons. The minimum Gasteiger partial charge on any atom is -0.370 e. The molecule has 2 aromatic heterocycles. The lowest BCUT2D eigenvalue weighted by Gasteiger charge is -2.19. The Morgan fingerprint density at radius 2 is 1.93 bits per heavy atom. The van der Waals surface area contributed by atoms with Gasteiger partial charge in [-0.1, -0.05) is 18.2 Å². The first-order valence-corrected chi connectivity index (χ1v) is 10.0. The summed E-state index contributed by atoms with van der Waals surface area (Å²) in [6, 6.07) is 14.4. The maximum Gasteiger partial charge on any atom is 0.270 e. The number of nitrogens with one attached hydrogen (secondary N) is 1. The third kappa shape index (κ3) is 4.53. The Morgan fingerprint density at radius 3 is 2.73 bits per heavy atom. The summed E-state index contributed by atoms with van der Waals surface area (Å²) in [6.07, 6.45) is 1.06. The SMILES string of the molecule is Cc1cccc(NCC2CCN(c3cc(C)nc(-c4cccc([N+](=O)[O-])c4)n3)C2)n1. The predicted molar refractivity (Wildman–Crippen MR) is 117 cm³/mol. The van der Waals surface area contributed by atoms with E-state index in [-0.39, 0.29) is 5.69 Å². The Balaban J connectivity index is 1.47. The van der Waals surface area contributed by atoms with Gasteiger partial charge >= 0.3 is 0 Å². The van der Waals surface area contributed by atoms with Crippen molar-refractivity contribution in [1.82, 2.24) is 15.0 Å². The van der Waals surface area contributed by atoms with E-state index in [9.17, 15) is 10.1 Å². The molecule has 1 fully saturated rings. The van der Waals surface area contributed by atoms with Crippen molar-refractivity contribution in [3.8, 4) is 11.4 Å². The smallest absolute Gasteiger partial charge is 0.270 e. The Hall–Kier alpha value is -3.55. The first kappa shape index (κ1) is 19.8. The van der Waals surface area contributed by atoms with Crippen molar-refractivity contribution in [2.75, 3.05) is 29.9 Å². The molecule has 1 aliphatic rings. The summed E-state index contributed by atoms with van der Waals surface area (Å²) in [5.41, 5.74) is 2.53. The number of aromatic nitrogens is 3. The molecule has 30 heavy (non-hydrogen) atoms. The van der Waals surface area contributed by atoms with Crippen LogP contribution in [0.4, 0.5) is 17.3 Å². The highest BCUT2D eigenvalue weighted by atomic mass is 16.6. The van der Waals surface area contributed by atoms with Gasteiger partial charge in [0.25, 0.3) is 5.69 Å². The Labute approximate surface area is 175 Å². The molecule has 1 N–H and O–H groups in total. The van der Waals surface area contributed by atoms with Gasteiger partial charge in [-0.15, -0.1) is 0 Å². The zero-order valence-corrected chi connectivity index (χ0v) is 17.1. The second-order valence-corrected chi connectivity index (χ2v) is 7.64. The number of aryl methyl sites for hydroxylation is 2. The molecule has 1 atom stereocenters. The molecule has 0 radical (unpaired) electrons. The number of pyridine rings is 1. The quantitative estimate of drug-likeness (QED) is 0.490. The fourth-order valence-corrected chi connectivity index (χ4v) is 3.70. The Kier molecular flexibility index (Phi) is 5.56. The number of rotatable bonds is 6. The molecule has 0 spiro atoms. The van der Waals surface area contributed by atoms with E-state index in [1.807, 2.05) is 38.1 Å². The number of anilines is 2. The number of hydrogen-bond donors (Lipinski definition) is 1. The van der Waals surface area contributed by atoms with Gasteiger partial charge in [0, 0.05) is 54.8 Å². The number of non-ortho nitro benzene ring substituents is 1. The van der Waals surface area contributed by atoms with Gasteiger partial charge in [-0.25, -0.2) is 15.0 Å². The van der Waals surface area contributed by atoms with Crippen LogP contribution in [0.25, 0.3) is 11.4 Å². The van der Waals surface area contributed by atoms with Crippen molar-refractivity contribution in [2.24, 2.45) is 5.92 Å². The average molecular weight is 404 g/mol. The number of nitro benzene ring substituents is 1. The van der Waals surface area contributed by atoms with E-state index in [0.29, 0.717) is 17.3 Å². The highest BCUT2D eigenvalue weighted by molar-refractivity contribution is 5.61. The second kappa shape index (κ2) is 8.44. The summed E-state index contributed by atoms with van der Waals surface area (Å²) in [5.74, 6) is 2.77. The third-order valence-corrected chi connectivity index (χ3v) is 5.23. The van der Waals surface area contributed by atoms with Crippen LogP contribution in [0.1, 0.15) is 17.8 Å². The van der Waals surface area contributed by atoms with E-state index in [2.05, 4.69) is 20.2 Å². The lowest BCUT2D eigenvalue weighted by molar-refractivity contribution is -0.384. The van der Waals surface area contributed by atoms with E-state index in [1.165, 1.54) is 12.1 Å². The Bertz CT molecular complexity index is 1070. The molecule has 0 aliphatic carbocycles. The number of benzene rings is 1. The van der Waals surface area contributed by atoms with Crippen molar-refractivity contribution in [2.45, 2.75) is 20.3 Å². The molecule has 3 heterocycles. The summed E-state index contributed by atoms with van der Waals surface area (Å²) in [4.78, 5) is 26.6. The van der Waals surface area contributed by atoms with Gasteiger partial charge in [-0.05, 0) is 38.3 Å². The van der Waals surface area contributed by atoms with Crippen LogP contribution < -0.4 is 10.2 Å². The van der Waals surface area contributed by atoms with Crippen LogP contribution in [-0.4, -0.2) is 39.5 Å². The predicted octanol–water partition coefficient (Wildman–Crippen LogP) is 4.00. The zero-order chi connectivity index (χ0) is 21.1. The fraction of sp³-hybridized carbons (Fsp3) is 0.318. The number of nitro groups is 1. The first-order valence-electron chi connectivity index (χ1n) is 10.0. The minimum absolute atomic E-state index is 0.0382. The van der Waals surface area contributed by atoms with Crippen molar-refractivity contribution < 1.29 is 4.92 Å². The topological polar surface area (TPSA) is 97.1 Å². The van der Waals surface area contributed by atoms with Crippen molar-refractivity contribution in [1.29, 1.82) is 0 Å². The van der Waals surface area contributed by atoms with Gasteiger partial charge in [0.1, 0.15) is 11.6 Å². The fourth-order valence-electron chi connectivity index (χ4n) is 3.70. The molecule has 1 aliphatic heterocycles. The molecule has 8 heteroatoms. The van der Waals surface area contributed by atoms with Crippen molar-refractivity contribution in [3.63, 3.8) is 0 Å².